The lowest BCUT2D eigenvalue weighted by Crippen LogP contribution is -2.19. The fraction of sp³-hybridized carbons (Fsp3) is 0.188. The molecular weight excluding hydrogens is 282 g/mol. The summed E-state index contributed by atoms with van der Waals surface area (Å²) < 4.78 is 10.4. The van der Waals surface area contributed by atoms with E-state index in [9.17, 15) is 4.79 Å². The number of hydrazone groups is 1. The summed E-state index contributed by atoms with van der Waals surface area (Å²) in [5.74, 6) is 0.956. The van der Waals surface area contributed by atoms with Gasteiger partial charge in [-0.1, -0.05) is 0 Å². The fourth-order valence-corrected chi connectivity index (χ4v) is 1.83. The molecule has 1 heterocycles. The van der Waals surface area contributed by atoms with E-state index < -0.39 is 0 Å². The Morgan fingerprint density at radius 1 is 1.05 bits per heavy atom. The molecule has 0 spiro atoms. The standard InChI is InChI=1S/C16H17N3O3/c1-11(13-4-5-14(21-2)15(10-13)22-3)18-19-16(20)12-6-8-17-9-7-12/h4-10H,1-3H3,(H,19,20). The van der Waals surface area contributed by atoms with Gasteiger partial charge in [-0.15, -0.1) is 0 Å². The number of ether oxygens (including phenoxy) is 2. The molecule has 0 radical (unpaired) electrons. The molecule has 1 aromatic carbocycles. The summed E-state index contributed by atoms with van der Waals surface area (Å²) in [7, 11) is 3.15. The largest absolute Gasteiger partial charge is 0.493 e. The van der Waals surface area contributed by atoms with Gasteiger partial charge in [0.1, 0.15) is 0 Å². The minimum atomic E-state index is -0.290. The van der Waals surface area contributed by atoms with Gasteiger partial charge in [0.2, 0.25) is 0 Å². The molecule has 0 aliphatic heterocycles. The van der Waals surface area contributed by atoms with E-state index in [0.717, 1.165) is 5.56 Å². The van der Waals surface area contributed by atoms with E-state index in [2.05, 4.69) is 15.5 Å². The average molecular weight is 299 g/mol. The third-order valence-corrected chi connectivity index (χ3v) is 3.07. The first kappa shape index (κ1) is 15.5. The minimum absolute atomic E-state index is 0.290. The molecule has 2 aromatic rings. The van der Waals surface area contributed by atoms with Crippen LogP contribution in [0, 0.1) is 0 Å². The predicted molar refractivity (Wildman–Crippen MR) is 83.5 cm³/mol. The number of methoxy groups -OCH3 is 2. The summed E-state index contributed by atoms with van der Waals surface area (Å²) in [5.41, 5.74) is 4.49. The highest BCUT2D eigenvalue weighted by molar-refractivity contribution is 6.01. The van der Waals surface area contributed by atoms with Crippen molar-refractivity contribution in [3.05, 3.63) is 53.9 Å². The van der Waals surface area contributed by atoms with Crippen molar-refractivity contribution in [2.75, 3.05) is 14.2 Å². The summed E-state index contributed by atoms with van der Waals surface area (Å²) in [4.78, 5) is 15.8. The van der Waals surface area contributed by atoms with Gasteiger partial charge in [-0.25, -0.2) is 5.43 Å². The van der Waals surface area contributed by atoms with Gasteiger partial charge in [0.15, 0.2) is 11.5 Å². The van der Waals surface area contributed by atoms with Crippen molar-refractivity contribution in [1.29, 1.82) is 0 Å². The van der Waals surface area contributed by atoms with E-state index in [4.69, 9.17) is 9.47 Å². The van der Waals surface area contributed by atoms with Crippen LogP contribution in [0.2, 0.25) is 0 Å². The van der Waals surface area contributed by atoms with Crippen LogP contribution < -0.4 is 14.9 Å². The number of amides is 1. The molecule has 6 nitrogen and oxygen atoms in total. The number of pyridine rings is 1. The maximum atomic E-state index is 11.9. The summed E-state index contributed by atoms with van der Waals surface area (Å²) in [6.07, 6.45) is 3.11. The highest BCUT2D eigenvalue weighted by Gasteiger charge is 2.08. The monoisotopic (exact) mass is 299 g/mol. The second-order valence-corrected chi connectivity index (χ2v) is 4.44. The van der Waals surface area contributed by atoms with E-state index >= 15 is 0 Å². The van der Waals surface area contributed by atoms with E-state index in [-0.39, 0.29) is 5.91 Å². The van der Waals surface area contributed by atoms with E-state index in [0.29, 0.717) is 22.8 Å². The summed E-state index contributed by atoms with van der Waals surface area (Å²) >= 11 is 0. The number of nitrogens with one attached hydrogen (secondary N) is 1. The van der Waals surface area contributed by atoms with Crippen LogP contribution in [0.4, 0.5) is 0 Å². The second kappa shape index (κ2) is 7.21. The molecule has 1 aromatic heterocycles. The number of benzene rings is 1. The maximum absolute atomic E-state index is 11.9. The molecule has 2 rings (SSSR count). The topological polar surface area (TPSA) is 72.8 Å². The first-order valence-corrected chi connectivity index (χ1v) is 6.62. The Balaban J connectivity index is 2.14. The molecule has 6 heteroatoms. The van der Waals surface area contributed by atoms with Crippen LogP contribution in [0.25, 0.3) is 0 Å². The Hall–Kier alpha value is -2.89. The van der Waals surface area contributed by atoms with Gasteiger partial charge >= 0.3 is 0 Å². The van der Waals surface area contributed by atoms with Crippen molar-refractivity contribution in [2.24, 2.45) is 5.10 Å². The summed E-state index contributed by atoms with van der Waals surface area (Å²) in [6.45, 7) is 1.80. The third-order valence-electron chi connectivity index (χ3n) is 3.07. The van der Waals surface area contributed by atoms with Crippen molar-refractivity contribution in [2.45, 2.75) is 6.92 Å². The van der Waals surface area contributed by atoms with Crippen molar-refractivity contribution < 1.29 is 14.3 Å². The summed E-state index contributed by atoms with van der Waals surface area (Å²) in [6, 6.07) is 8.68. The fourth-order valence-electron chi connectivity index (χ4n) is 1.83. The molecule has 0 saturated carbocycles. The SMILES string of the molecule is COc1ccc(C(C)=NNC(=O)c2ccncc2)cc1OC. The van der Waals surface area contributed by atoms with Gasteiger partial charge < -0.3 is 9.47 Å². The van der Waals surface area contributed by atoms with Gasteiger partial charge in [0.25, 0.3) is 5.91 Å². The molecule has 0 aliphatic carbocycles. The first-order chi connectivity index (χ1) is 10.7. The molecule has 0 unspecified atom stereocenters. The predicted octanol–water partition coefficient (Wildman–Crippen LogP) is 2.25. The number of hydrogen-bond acceptors (Lipinski definition) is 5. The first-order valence-electron chi connectivity index (χ1n) is 6.62. The van der Waals surface area contributed by atoms with E-state index in [1.54, 1.807) is 57.8 Å². The van der Waals surface area contributed by atoms with Crippen LogP contribution in [-0.4, -0.2) is 30.8 Å². The number of carbonyl (C=O) groups excluding carboxylic acids is 1. The van der Waals surface area contributed by atoms with Gasteiger partial charge in [-0.2, -0.15) is 5.10 Å². The van der Waals surface area contributed by atoms with Crippen molar-refractivity contribution in [3.8, 4) is 11.5 Å². The molecule has 0 aliphatic rings. The quantitative estimate of drug-likeness (QED) is 0.679. The number of aromatic nitrogens is 1. The molecular formula is C16H17N3O3. The van der Waals surface area contributed by atoms with Crippen LogP contribution in [0.3, 0.4) is 0 Å². The smallest absolute Gasteiger partial charge is 0.271 e. The van der Waals surface area contributed by atoms with Gasteiger partial charge in [0, 0.05) is 23.5 Å². The van der Waals surface area contributed by atoms with Crippen molar-refractivity contribution >= 4 is 11.6 Å². The number of nitrogens with zero attached hydrogens (tertiary/aromatic N) is 2. The Kier molecular flexibility index (Phi) is 5.08. The zero-order valence-electron chi connectivity index (χ0n) is 12.7. The molecule has 0 fully saturated rings. The van der Waals surface area contributed by atoms with Crippen LogP contribution in [-0.2, 0) is 0 Å². The lowest BCUT2D eigenvalue weighted by molar-refractivity contribution is 0.0954. The van der Waals surface area contributed by atoms with Crippen molar-refractivity contribution in [1.82, 2.24) is 10.4 Å². The number of carbonyl (C=O) groups is 1. The second-order valence-electron chi connectivity index (χ2n) is 4.44. The van der Waals surface area contributed by atoms with Gasteiger partial charge in [-0.05, 0) is 37.3 Å². The third kappa shape index (κ3) is 3.60. The van der Waals surface area contributed by atoms with Crippen LogP contribution in [0.5, 0.6) is 11.5 Å². The van der Waals surface area contributed by atoms with Crippen LogP contribution >= 0.6 is 0 Å². The maximum Gasteiger partial charge on any atom is 0.271 e. The molecule has 0 saturated heterocycles. The van der Waals surface area contributed by atoms with E-state index in [1.165, 1.54) is 0 Å². The molecule has 1 N–H and O–H groups in total. The lowest BCUT2D eigenvalue weighted by Gasteiger charge is -2.09. The Labute approximate surface area is 128 Å². The van der Waals surface area contributed by atoms with Crippen LogP contribution in [0.15, 0.2) is 47.8 Å². The number of rotatable bonds is 5. The Bertz CT molecular complexity index is 684. The number of hydrogen-bond donors (Lipinski definition) is 1. The zero-order chi connectivity index (χ0) is 15.9. The average Bonchev–Trinajstić information content (AvgIpc) is 2.59. The lowest BCUT2D eigenvalue weighted by atomic mass is 10.1. The Morgan fingerprint density at radius 2 is 1.73 bits per heavy atom. The molecule has 114 valence electrons. The highest BCUT2D eigenvalue weighted by atomic mass is 16.5. The molecule has 22 heavy (non-hydrogen) atoms. The van der Waals surface area contributed by atoms with Gasteiger partial charge in [0.05, 0.1) is 19.9 Å². The zero-order valence-corrected chi connectivity index (χ0v) is 12.7. The van der Waals surface area contributed by atoms with Crippen molar-refractivity contribution in [3.63, 3.8) is 0 Å². The molecule has 1 amide bonds. The molecule has 0 bridgehead atoms. The Morgan fingerprint density at radius 3 is 2.36 bits per heavy atom. The molecule has 0 atom stereocenters. The normalized spacial score (nSPS) is 11.0. The van der Waals surface area contributed by atoms with Crippen LogP contribution in [0.1, 0.15) is 22.8 Å². The highest BCUT2D eigenvalue weighted by Crippen LogP contribution is 2.27. The van der Waals surface area contributed by atoms with E-state index in [1.807, 2.05) is 6.07 Å². The van der Waals surface area contributed by atoms with Gasteiger partial charge in [-0.3, -0.25) is 9.78 Å². The minimum Gasteiger partial charge on any atom is -0.493 e. The summed E-state index contributed by atoms with van der Waals surface area (Å²) in [5, 5.41) is 4.10.